The van der Waals surface area contributed by atoms with Gasteiger partial charge in [0.2, 0.25) is 0 Å². The minimum absolute atomic E-state index is 0.101. The Kier molecular flexibility index (Phi) is 5.08. The topological polar surface area (TPSA) is 113 Å². The van der Waals surface area contributed by atoms with Gasteiger partial charge >= 0.3 is 0 Å². The highest BCUT2D eigenvalue weighted by Crippen LogP contribution is 2.36. The summed E-state index contributed by atoms with van der Waals surface area (Å²) in [6.45, 7) is -7.05. The van der Waals surface area contributed by atoms with Crippen LogP contribution in [0.4, 0.5) is 5.82 Å². The summed E-state index contributed by atoms with van der Waals surface area (Å²) >= 11 is 0. The van der Waals surface area contributed by atoms with Crippen molar-refractivity contribution < 1.29 is 23.8 Å². The zero-order valence-electron chi connectivity index (χ0n) is 29.2. The van der Waals surface area contributed by atoms with Gasteiger partial charge in [0.1, 0.15) is 36.1 Å². The first-order valence-electron chi connectivity index (χ1n) is 16.7. The van der Waals surface area contributed by atoms with Crippen LogP contribution >= 0.6 is 0 Å². The van der Waals surface area contributed by atoms with Crippen molar-refractivity contribution in [3.05, 3.63) is 66.2 Å². The second-order valence-electron chi connectivity index (χ2n) is 10.1. The lowest BCUT2D eigenvalue weighted by Gasteiger charge is -2.56. The Labute approximate surface area is 248 Å². The molecule has 7 heterocycles. The second-order valence-corrected chi connectivity index (χ2v) is 10.1. The Bertz CT molecular complexity index is 1870. The molecule has 4 saturated heterocycles. The van der Waals surface area contributed by atoms with Crippen LogP contribution in [-0.4, -0.2) is 89.0 Å². The van der Waals surface area contributed by atoms with E-state index in [-0.39, 0.29) is 11.3 Å². The van der Waals surface area contributed by atoms with E-state index in [0.717, 1.165) is 37.6 Å². The van der Waals surface area contributed by atoms with Crippen LogP contribution in [0.1, 0.15) is 27.1 Å². The molecule has 3 aromatic heterocycles. The van der Waals surface area contributed by atoms with E-state index >= 15 is 0 Å². The number of anilines is 1. The fraction of sp³-hybridized carbons (Fsp3) is 0.400. The number of benzene rings is 1. The van der Waals surface area contributed by atoms with E-state index in [1.165, 1.54) is 22.5 Å². The smallest absolute Gasteiger partial charge is 0.147 e. The number of pyridine rings is 1. The number of ether oxygens (including phenoxy) is 3. The lowest BCUT2D eigenvalue weighted by atomic mass is 9.87. The first-order valence-corrected chi connectivity index (χ1v) is 13.2. The molecule has 4 aliphatic heterocycles. The number of nitrogens with zero attached hydrogens (tertiary/aromatic N) is 7. The van der Waals surface area contributed by atoms with Gasteiger partial charge in [-0.25, -0.2) is 9.50 Å². The Morgan fingerprint density at radius 1 is 1.17 bits per heavy atom. The van der Waals surface area contributed by atoms with Gasteiger partial charge in [0.15, 0.2) is 0 Å². The molecule has 4 aliphatic rings. The highest BCUT2D eigenvalue weighted by Gasteiger charge is 2.44. The Morgan fingerprint density at radius 3 is 2.78 bits per heavy atom. The van der Waals surface area contributed by atoms with Gasteiger partial charge in [-0.2, -0.15) is 10.4 Å². The highest BCUT2D eigenvalue weighted by atomic mass is 16.5. The van der Waals surface area contributed by atoms with Crippen LogP contribution < -0.4 is 19.7 Å². The highest BCUT2D eigenvalue weighted by molar-refractivity contribution is 5.83. The third-order valence-electron chi connectivity index (χ3n) is 7.67. The zero-order chi connectivity index (χ0) is 34.1. The quantitative estimate of drug-likeness (QED) is 0.346. The standard InChI is InChI=1S/C30H32N8O3/c1-39-24-4-2-20(3-5-24)15-37-22-8-23(37)17-36(16-22)29-14-33-28(13-34-29)27-9-25(41-19-26-12-32-6-7-40-26)18-38-30(27)21(10-31)11-35-38/h2-5,9,11,13-14,18,22-23,26,32H,6-8,12,15-17,19H2,1H3/t22?,23?,26-/m0/s1/i6D2,7D2,12D2,26D. The number of nitriles is 1. The average Bonchev–Trinajstić information content (AvgIpc) is 3.48. The molecule has 210 valence electrons. The van der Waals surface area contributed by atoms with Crippen molar-refractivity contribution in [1.82, 2.24) is 29.8 Å². The van der Waals surface area contributed by atoms with Gasteiger partial charge in [-0.3, -0.25) is 9.88 Å². The summed E-state index contributed by atoms with van der Waals surface area (Å²) in [4.78, 5) is 14.1. The van der Waals surface area contributed by atoms with E-state index in [1.807, 2.05) is 17.4 Å². The summed E-state index contributed by atoms with van der Waals surface area (Å²) in [5.41, 5.74) is 2.82. The molecule has 2 bridgehead atoms. The van der Waals surface area contributed by atoms with E-state index in [4.69, 9.17) is 28.8 Å². The molecular formula is C30H32N8O3. The van der Waals surface area contributed by atoms with Gasteiger partial charge in [-0.15, -0.1) is 0 Å². The maximum atomic E-state index is 9.76. The van der Waals surface area contributed by atoms with E-state index in [2.05, 4.69) is 38.1 Å². The Hall–Kier alpha value is -4.24. The molecule has 0 aliphatic carbocycles. The normalized spacial score (nSPS) is 30.2. The van der Waals surface area contributed by atoms with E-state index in [9.17, 15) is 5.26 Å². The van der Waals surface area contributed by atoms with Crippen molar-refractivity contribution in [3.8, 4) is 28.8 Å². The number of methoxy groups -OCH3 is 1. The van der Waals surface area contributed by atoms with Crippen molar-refractivity contribution in [3.63, 3.8) is 0 Å². The van der Waals surface area contributed by atoms with Crippen LogP contribution in [0.25, 0.3) is 16.8 Å². The Morgan fingerprint density at radius 2 is 2.02 bits per heavy atom. The monoisotopic (exact) mass is 559 g/mol. The van der Waals surface area contributed by atoms with Crippen molar-refractivity contribution in [1.29, 1.82) is 5.26 Å². The number of fused-ring (bicyclic) bond motifs is 3. The van der Waals surface area contributed by atoms with Crippen molar-refractivity contribution in [2.45, 2.75) is 31.1 Å². The van der Waals surface area contributed by atoms with Gasteiger partial charge in [0.05, 0.1) is 59.3 Å². The third-order valence-corrected chi connectivity index (χ3v) is 7.67. The fourth-order valence-corrected chi connectivity index (χ4v) is 5.60. The van der Waals surface area contributed by atoms with Crippen molar-refractivity contribution >= 4 is 11.3 Å². The molecule has 2 unspecified atom stereocenters. The average molecular weight is 560 g/mol. The van der Waals surface area contributed by atoms with E-state index < -0.39 is 32.2 Å². The zero-order valence-corrected chi connectivity index (χ0v) is 22.2. The third kappa shape index (κ3) is 5.06. The van der Waals surface area contributed by atoms with Gasteiger partial charge in [0.25, 0.3) is 0 Å². The molecule has 8 rings (SSSR count). The number of piperazine rings is 1. The first-order chi connectivity index (χ1) is 22.7. The number of hydrogen-bond donors (Lipinski definition) is 1. The molecule has 11 nitrogen and oxygen atoms in total. The predicted octanol–water partition coefficient (Wildman–Crippen LogP) is 2.50. The number of aromatic nitrogens is 4. The van der Waals surface area contributed by atoms with Gasteiger partial charge in [-0.1, -0.05) is 12.1 Å². The predicted molar refractivity (Wildman–Crippen MR) is 152 cm³/mol. The fourth-order valence-electron chi connectivity index (χ4n) is 5.60. The van der Waals surface area contributed by atoms with Gasteiger partial charge < -0.3 is 24.4 Å². The molecule has 1 N–H and O–H groups in total. The molecule has 4 fully saturated rings. The van der Waals surface area contributed by atoms with Gasteiger partial charge in [-0.05, 0) is 30.2 Å². The Balaban J connectivity index is 1.09. The first kappa shape index (κ1) is 19.0. The number of morpholine rings is 1. The van der Waals surface area contributed by atoms with Crippen molar-refractivity contribution in [2.24, 2.45) is 0 Å². The van der Waals surface area contributed by atoms with Crippen LogP contribution in [-0.2, 0) is 11.3 Å². The summed E-state index contributed by atoms with van der Waals surface area (Å²) in [7, 11) is 1.66. The lowest BCUT2D eigenvalue weighted by Crippen LogP contribution is -2.68. The summed E-state index contributed by atoms with van der Waals surface area (Å²) in [6.07, 6.45) is 4.57. The summed E-state index contributed by atoms with van der Waals surface area (Å²) in [5, 5.41) is 15.9. The number of nitrogens with one attached hydrogen (secondary N) is 1. The number of hydrogen-bond acceptors (Lipinski definition) is 10. The van der Waals surface area contributed by atoms with Crippen LogP contribution in [0.5, 0.6) is 11.5 Å². The van der Waals surface area contributed by atoms with E-state index in [1.54, 1.807) is 25.6 Å². The molecule has 0 spiro atoms. The minimum atomic E-state index is -3.02. The van der Waals surface area contributed by atoms with Crippen molar-refractivity contribution in [2.75, 3.05) is 51.3 Å². The minimum Gasteiger partial charge on any atom is -0.497 e. The molecule has 4 aromatic rings. The number of rotatable bonds is 8. The van der Waals surface area contributed by atoms with Crippen LogP contribution in [0.15, 0.2) is 55.1 Å². The molecule has 11 heteroatoms. The molecule has 0 amide bonds. The van der Waals surface area contributed by atoms with Crippen LogP contribution in [0, 0.1) is 11.3 Å². The van der Waals surface area contributed by atoms with E-state index in [0.29, 0.717) is 28.9 Å². The summed E-state index contributed by atoms with van der Waals surface area (Å²) < 4.78 is 73.7. The molecule has 41 heavy (non-hydrogen) atoms. The lowest BCUT2D eigenvalue weighted by molar-refractivity contribution is -0.00870. The second kappa shape index (κ2) is 11.0. The molecule has 0 radical (unpaired) electrons. The molecule has 1 aromatic carbocycles. The largest absolute Gasteiger partial charge is 0.497 e. The summed E-state index contributed by atoms with van der Waals surface area (Å²) in [5.74, 6) is 1.66. The van der Waals surface area contributed by atoms with Gasteiger partial charge in [0, 0.05) is 55.8 Å². The SMILES string of the molecule is [2H]C1([2H])NC([2H])([2H])[C@@]([2H])(COc2cc(-c3cnc(N4CC5CC(C4)N5Cc4ccc(OC)cc4)cn3)c3c(C#N)cnn3c2)OC1([2H])[2H]. The molecule has 3 atom stereocenters. The summed E-state index contributed by atoms with van der Waals surface area (Å²) in [6, 6.07) is 12.6. The maximum Gasteiger partial charge on any atom is 0.147 e. The number of piperidine rings is 1. The molecule has 0 saturated carbocycles. The van der Waals surface area contributed by atoms with Crippen LogP contribution in [0.2, 0.25) is 0 Å². The maximum absolute atomic E-state index is 9.76. The van der Waals surface area contributed by atoms with Crippen LogP contribution in [0.3, 0.4) is 0 Å². The molecular weight excluding hydrogens is 520 g/mol.